The quantitative estimate of drug-likeness (QED) is 0.817. The Balaban J connectivity index is 1.83. The minimum atomic E-state index is -0.0197. The Morgan fingerprint density at radius 1 is 1.22 bits per heavy atom. The number of ether oxygens (including phenoxy) is 1. The first kappa shape index (κ1) is 17.3. The second-order valence-electron chi connectivity index (χ2n) is 5.45. The molecule has 1 atom stereocenters. The third-order valence-corrected chi connectivity index (χ3v) is 3.54. The van der Waals surface area contributed by atoms with Gasteiger partial charge in [0.2, 0.25) is 0 Å². The fraction of sp³-hybridized carbons (Fsp3) is 0.278. The minimum Gasteiger partial charge on any atom is -0.494 e. The molecular formula is C18H22ClN2O2+. The number of benzene rings is 2. The average Bonchev–Trinajstić information content (AvgIpc) is 2.49. The van der Waals surface area contributed by atoms with Crippen LogP contribution in [0.5, 0.6) is 5.75 Å². The number of anilines is 1. The van der Waals surface area contributed by atoms with Gasteiger partial charge in [-0.25, -0.2) is 0 Å². The van der Waals surface area contributed by atoms with E-state index in [-0.39, 0.29) is 5.91 Å². The van der Waals surface area contributed by atoms with Crippen molar-refractivity contribution in [1.29, 1.82) is 0 Å². The number of likely N-dealkylation sites (N-methyl/N-ethyl adjacent to an activating group) is 1. The van der Waals surface area contributed by atoms with Gasteiger partial charge in [0.25, 0.3) is 5.91 Å². The number of halogens is 1. The molecule has 2 N–H and O–H groups in total. The number of quaternary nitrogens is 1. The molecule has 0 aliphatic carbocycles. The Morgan fingerprint density at radius 3 is 2.61 bits per heavy atom. The highest BCUT2D eigenvalue weighted by Gasteiger charge is 2.11. The number of hydrogen-bond acceptors (Lipinski definition) is 2. The number of nitrogens with one attached hydrogen (secondary N) is 2. The molecule has 0 saturated carbocycles. The van der Waals surface area contributed by atoms with E-state index in [1.807, 2.05) is 62.5 Å². The lowest BCUT2D eigenvalue weighted by atomic mass is 10.2. The van der Waals surface area contributed by atoms with Crippen LogP contribution in [-0.2, 0) is 11.3 Å². The van der Waals surface area contributed by atoms with Crippen LogP contribution in [-0.4, -0.2) is 26.1 Å². The lowest BCUT2D eigenvalue weighted by Gasteiger charge is -2.14. The van der Waals surface area contributed by atoms with Crippen LogP contribution in [0.1, 0.15) is 12.5 Å². The first-order valence-electron chi connectivity index (χ1n) is 7.65. The Bertz CT molecular complexity index is 644. The maximum atomic E-state index is 12.1. The summed E-state index contributed by atoms with van der Waals surface area (Å²) in [5, 5.41) is 3.61. The molecule has 0 saturated heterocycles. The third-order valence-electron chi connectivity index (χ3n) is 3.31. The number of carbonyl (C=O) groups excluding carboxylic acids is 1. The summed E-state index contributed by atoms with van der Waals surface area (Å²) in [7, 11) is 1.98. The van der Waals surface area contributed by atoms with Gasteiger partial charge in [-0.1, -0.05) is 23.7 Å². The molecule has 5 heteroatoms. The Kier molecular flexibility index (Phi) is 6.44. The van der Waals surface area contributed by atoms with Gasteiger partial charge in [0.05, 0.1) is 13.7 Å². The second-order valence-corrected chi connectivity index (χ2v) is 5.88. The van der Waals surface area contributed by atoms with Crippen molar-refractivity contribution in [3.05, 3.63) is 59.1 Å². The maximum absolute atomic E-state index is 12.1. The van der Waals surface area contributed by atoms with Crippen molar-refractivity contribution in [2.75, 3.05) is 25.5 Å². The number of rotatable bonds is 7. The second kappa shape index (κ2) is 8.56. The zero-order chi connectivity index (χ0) is 16.7. The van der Waals surface area contributed by atoms with Crippen molar-refractivity contribution in [2.45, 2.75) is 13.5 Å². The van der Waals surface area contributed by atoms with E-state index in [0.29, 0.717) is 18.2 Å². The van der Waals surface area contributed by atoms with Gasteiger partial charge >= 0.3 is 0 Å². The van der Waals surface area contributed by atoms with Crippen molar-refractivity contribution >= 4 is 23.2 Å². The molecule has 4 nitrogen and oxygen atoms in total. The minimum absolute atomic E-state index is 0.0197. The number of hydrogen-bond donors (Lipinski definition) is 2. The predicted octanol–water partition coefficient (Wildman–Crippen LogP) is 2.39. The van der Waals surface area contributed by atoms with E-state index in [1.54, 1.807) is 0 Å². The van der Waals surface area contributed by atoms with Gasteiger partial charge in [-0.15, -0.1) is 0 Å². The molecule has 0 aromatic heterocycles. The van der Waals surface area contributed by atoms with Gasteiger partial charge in [0.15, 0.2) is 6.54 Å². The third kappa shape index (κ3) is 5.93. The summed E-state index contributed by atoms with van der Waals surface area (Å²) in [6, 6.07) is 15.1. The van der Waals surface area contributed by atoms with E-state index >= 15 is 0 Å². The fourth-order valence-electron chi connectivity index (χ4n) is 2.34. The lowest BCUT2D eigenvalue weighted by Crippen LogP contribution is -3.08. The average molecular weight is 334 g/mol. The number of carbonyl (C=O) groups is 1. The number of amides is 1. The Labute approximate surface area is 142 Å². The van der Waals surface area contributed by atoms with E-state index in [9.17, 15) is 4.79 Å². The van der Waals surface area contributed by atoms with Crippen LogP contribution in [0.15, 0.2) is 48.5 Å². The Morgan fingerprint density at radius 2 is 1.96 bits per heavy atom. The zero-order valence-corrected chi connectivity index (χ0v) is 14.2. The van der Waals surface area contributed by atoms with Gasteiger partial charge in [0, 0.05) is 16.3 Å². The van der Waals surface area contributed by atoms with Gasteiger partial charge < -0.3 is 15.0 Å². The van der Waals surface area contributed by atoms with Gasteiger partial charge in [0.1, 0.15) is 12.3 Å². The molecule has 2 aromatic rings. The Hall–Kier alpha value is -2.04. The molecule has 2 rings (SSSR count). The summed E-state index contributed by atoms with van der Waals surface area (Å²) < 4.78 is 5.38. The highest BCUT2D eigenvalue weighted by molar-refractivity contribution is 6.30. The van der Waals surface area contributed by atoms with Gasteiger partial charge in [-0.05, 0) is 43.3 Å². The molecule has 23 heavy (non-hydrogen) atoms. The van der Waals surface area contributed by atoms with E-state index in [0.717, 1.165) is 28.4 Å². The smallest absolute Gasteiger partial charge is 0.279 e. The molecule has 0 fully saturated rings. The maximum Gasteiger partial charge on any atom is 0.279 e. The van der Waals surface area contributed by atoms with E-state index in [1.165, 1.54) is 0 Å². The van der Waals surface area contributed by atoms with Crippen molar-refractivity contribution < 1.29 is 14.4 Å². The summed E-state index contributed by atoms with van der Waals surface area (Å²) in [5.41, 5.74) is 1.89. The van der Waals surface area contributed by atoms with Crippen molar-refractivity contribution in [2.24, 2.45) is 0 Å². The molecule has 1 unspecified atom stereocenters. The first-order chi connectivity index (χ1) is 11.1. The molecule has 1 amide bonds. The van der Waals surface area contributed by atoms with Gasteiger partial charge in [-0.2, -0.15) is 0 Å². The highest BCUT2D eigenvalue weighted by Crippen LogP contribution is 2.15. The largest absolute Gasteiger partial charge is 0.494 e. The van der Waals surface area contributed by atoms with Crippen LogP contribution in [0, 0.1) is 0 Å². The van der Waals surface area contributed by atoms with Crippen molar-refractivity contribution in [3.63, 3.8) is 0 Å². The molecular weight excluding hydrogens is 312 g/mol. The summed E-state index contributed by atoms with van der Waals surface area (Å²) in [6.45, 7) is 3.70. The first-order valence-corrected chi connectivity index (χ1v) is 8.03. The van der Waals surface area contributed by atoms with Crippen LogP contribution in [0.4, 0.5) is 5.69 Å². The van der Waals surface area contributed by atoms with Crippen LogP contribution >= 0.6 is 11.6 Å². The standard InChI is InChI=1S/C18H21ClN2O2/c1-3-23-17-9-7-16(8-10-17)20-18(22)13-21(2)12-14-5-4-6-15(19)11-14/h4-11H,3,12-13H2,1-2H3,(H,20,22)/p+1. The molecule has 0 aliphatic rings. The predicted molar refractivity (Wildman–Crippen MR) is 93.2 cm³/mol. The monoisotopic (exact) mass is 333 g/mol. The van der Waals surface area contributed by atoms with E-state index in [2.05, 4.69) is 5.32 Å². The normalized spacial score (nSPS) is 11.8. The zero-order valence-electron chi connectivity index (χ0n) is 13.4. The van der Waals surface area contributed by atoms with Crippen molar-refractivity contribution in [3.8, 4) is 5.75 Å². The van der Waals surface area contributed by atoms with Crippen LogP contribution < -0.4 is 15.0 Å². The lowest BCUT2D eigenvalue weighted by molar-refractivity contribution is -0.885. The summed E-state index contributed by atoms with van der Waals surface area (Å²) in [4.78, 5) is 13.2. The molecule has 0 aliphatic heterocycles. The summed E-state index contributed by atoms with van der Waals surface area (Å²) >= 11 is 5.98. The van der Waals surface area contributed by atoms with Crippen LogP contribution in [0.2, 0.25) is 5.02 Å². The SMILES string of the molecule is CCOc1ccc(NC(=O)C[NH+](C)Cc2cccc(Cl)c2)cc1. The van der Waals surface area contributed by atoms with Gasteiger partial charge in [-0.3, -0.25) is 4.79 Å². The molecule has 0 bridgehead atoms. The van der Waals surface area contributed by atoms with Crippen molar-refractivity contribution in [1.82, 2.24) is 0 Å². The van der Waals surface area contributed by atoms with E-state index in [4.69, 9.17) is 16.3 Å². The van der Waals surface area contributed by atoms with E-state index < -0.39 is 0 Å². The molecule has 0 spiro atoms. The summed E-state index contributed by atoms with van der Waals surface area (Å²) in [5.74, 6) is 0.780. The molecule has 0 heterocycles. The van der Waals surface area contributed by atoms with Crippen LogP contribution in [0.25, 0.3) is 0 Å². The molecule has 0 radical (unpaired) electrons. The topological polar surface area (TPSA) is 42.8 Å². The fourth-order valence-corrected chi connectivity index (χ4v) is 2.55. The molecule has 2 aromatic carbocycles. The van der Waals surface area contributed by atoms with Crippen LogP contribution in [0.3, 0.4) is 0 Å². The summed E-state index contributed by atoms with van der Waals surface area (Å²) in [6.07, 6.45) is 0. The molecule has 122 valence electrons. The highest BCUT2D eigenvalue weighted by atomic mass is 35.5.